The number of carbonyl (C=O) groups is 1. The molecule has 1 aromatic rings. The van der Waals surface area contributed by atoms with Crippen LogP contribution in [0, 0.1) is 5.92 Å². The fourth-order valence-electron chi connectivity index (χ4n) is 3.07. The molecule has 0 aliphatic carbocycles. The minimum atomic E-state index is -3.57. The Bertz CT molecular complexity index is 729. The maximum atomic E-state index is 12.5. The molecule has 138 valence electrons. The van der Waals surface area contributed by atoms with Gasteiger partial charge < -0.3 is 10.2 Å². The number of hydrogen-bond acceptors (Lipinski definition) is 5. The van der Waals surface area contributed by atoms with Gasteiger partial charge in [0.1, 0.15) is 0 Å². The number of nitrogens with one attached hydrogen (secondary N) is 2. The van der Waals surface area contributed by atoms with Crippen molar-refractivity contribution in [1.29, 1.82) is 0 Å². The molecule has 1 aromatic carbocycles. The summed E-state index contributed by atoms with van der Waals surface area (Å²) in [4.78, 5) is 15.1. The summed E-state index contributed by atoms with van der Waals surface area (Å²) < 4.78 is 27.7. The van der Waals surface area contributed by atoms with E-state index in [-0.39, 0.29) is 10.8 Å². The molecule has 6 nitrogen and oxygen atoms in total. The van der Waals surface area contributed by atoms with Gasteiger partial charge in [-0.3, -0.25) is 4.79 Å². The first-order chi connectivity index (χ1) is 11.9. The molecule has 1 amide bonds. The maximum Gasteiger partial charge on any atom is 0.240 e. The van der Waals surface area contributed by atoms with Crippen molar-refractivity contribution in [2.24, 2.45) is 5.92 Å². The van der Waals surface area contributed by atoms with Gasteiger partial charge in [0.2, 0.25) is 15.9 Å². The van der Waals surface area contributed by atoms with Gasteiger partial charge in [-0.2, -0.15) is 0 Å². The fraction of sp³-hybridized carbons (Fsp3) is 0.588. The Balaban J connectivity index is 1.61. The summed E-state index contributed by atoms with van der Waals surface area (Å²) in [7, 11) is -3.57. The monoisotopic (exact) mass is 383 g/mol. The SMILES string of the molecule is CC1CCN(CCNS(=O)(=O)c2ccc3c(c2)NC(=O)CCS3)CC1. The number of carbonyl (C=O) groups excluding carboxylic acids is 1. The fourth-order valence-corrected chi connectivity index (χ4v) is 5.06. The first-order valence-electron chi connectivity index (χ1n) is 8.73. The van der Waals surface area contributed by atoms with Crippen LogP contribution in [0.1, 0.15) is 26.2 Å². The Morgan fingerprint density at radius 3 is 2.84 bits per heavy atom. The van der Waals surface area contributed by atoms with Crippen LogP contribution in [0.5, 0.6) is 0 Å². The van der Waals surface area contributed by atoms with Gasteiger partial charge >= 0.3 is 0 Å². The molecule has 0 spiro atoms. The zero-order chi connectivity index (χ0) is 17.9. The minimum absolute atomic E-state index is 0.0758. The second-order valence-electron chi connectivity index (χ2n) is 6.73. The normalized spacial score (nSPS) is 20.0. The van der Waals surface area contributed by atoms with E-state index in [1.807, 2.05) is 0 Å². The molecule has 0 atom stereocenters. The van der Waals surface area contributed by atoms with Gasteiger partial charge in [-0.1, -0.05) is 6.92 Å². The summed E-state index contributed by atoms with van der Waals surface area (Å²) in [5.41, 5.74) is 0.584. The number of hydrogen-bond donors (Lipinski definition) is 2. The van der Waals surface area contributed by atoms with E-state index in [2.05, 4.69) is 21.9 Å². The van der Waals surface area contributed by atoms with Gasteiger partial charge in [0, 0.05) is 30.2 Å². The molecule has 0 radical (unpaired) electrons. The lowest BCUT2D eigenvalue weighted by molar-refractivity contribution is -0.115. The summed E-state index contributed by atoms with van der Waals surface area (Å²) in [6.45, 7) is 5.45. The molecule has 1 fully saturated rings. The van der Waals surface area contributed by atoms with Crippen molar-refractivity contribution in [2.75, 3.05) is 37.2 Å². The van der Waals surface area contributed by atoms with E-state index >= 15 is 0 Å². The lowest BCUT2D eigenvalue weighted by Gasteiger charge is -2.30. The number of amides is 1. The number of thioether (sulfide) groups is 1. The zero-order valence-electron chi connectivity index (χ0n) is 14.5. The molecule has 0 saturated carbocycles. The Hall–Kier alpha value is -1.09. The molecule has 1 saturated heterocycles. The van der Waals surface area contributed by atoms with E-state index in [1.54, 1.807) is 30.0 Å². The van der Waals surface area contributed by atoms with E-state index in [4.69, 9.17) is 0 Å². The maximum absolute atomic E-state index is 12.5. The molecule has 0 unspecified atom stereocenters. The molecular formula is C17H25N3O3S2. The molecule has 2 aliphatic rings. The highest BCUT2D eigenvalue weighted by Crippen LogP contribution is 2.32. The average Bonchev–Trinajstić information content (AvgIpc) is 2.76. The minimum Gasteiger partial charge on any atom is -0.325 e. The molecule has 25 heavy (non-hydrogen) atoms. The Kier molecular flexibility index (Phi) is 6.04. The predicted molar refractivity (Wildman–Crippen MR) is 100 cm³/mol. The van der Waals surface area contributed by atoms with Gasteiger partial charge in [0.25, 0.3) is 0 Å². The largest absolute Gasteiger partial charge is 0.325 e. The number of nitrogens with zero attached hydrogens (tertiary/aromatic N) is 1. The highest BCUT2D eigenvalue weighted by Gasteiger charge is 2.20. The van der Waals surface area contributed by atoms with Crippen molar-refractivity contribution in [3.8, 4) is 0 Å². The summed E-state index contributed by atoms with van der Waals surface area (Å²) in [6, 6.07) is 4.93. The third kappa shape index (κ3) is 4.97. The number of piperidine rings is 1. The van der Waals surface area contributed by atoms with Crippen molar-refractivity contribution in [3.63, 3.8) is 0 Å². The Morgan fingerprint density at radius 2 is 2.08 bits per heavy atom. The first kappa shape index (κ1) is 18.7. The van der Waals surface area contributed by atoms with Crippen molar-refractivity contribution in [1.82, 2.24) is 9.62 Å². The van der Waals surface area contributed by atoms with Gasteiger partial charge in [0.05, 0.1) is 10.6 Å². The quantitative estimate of drug-likeness (QED) is 0.814. The molecule has 2 N–H and O–H groups in total. The van der Waals surface area contributed by atoms with Gasteiger partial charge in [-0.25, -0.2) is 13.1 Å². The van der Waals surface area contributed by atoms with Crippen LogP contribution in [0.4, 0.5) is 5.69 Å². The Morgan fingerprint density at radius 1 is 1.32 bits per heavy atom. The molecule has 8 heteroatoms. The average molecular weight is 384 g/mol. The van der Waals surface area contributed by atoms with Crippen LogP contribution in [0.15, 0.2) is 28.0 Å². The smallest absolute Gasteiger partial charge is 0.240 e. The summed E-state index contributed by atoms with van der Waals surface area (Å²) >= 11 is 1.56. The topological polar surface area (TPSA) is 78.5 Å². The first-order valence-corrected chi connectivity index (χ1v) is 11.2. The van der Waals surface area contributed by atoms with Gasteiger partial charge in [-0.15, -0.1) is 11.8 Å². The van der Waals surface area contributed by atoms with Crippen LogP contribution in [0.2, 0.25) is 0 Å². The van der Waals surface area contributed by atoms with Gasteiger partial charge in [0.15, 0.2) is 0 Å². The summed E-state index contributed by atoms with van der Waals surface area (Å²) in [6.07, 6.45) is 2.79. The highest BCUT2D eigenvalue weighted by molar-refractivity contribution is 7.99. The molecular weight excluding hydrogens is 358 g/mol. The van der Waals surface area contributed by atoms with Crippen LogP contribution in [0.25, 0.3) is 0 Å². The zero-order valence-corrected chi connectivity index (χ0v) is 16.1. The molecule has 3 rings (SSSR count). The van der Waals surface area contributed by atoms with Crippen LogP contribution in [0.3, 0.4) is 0 Å². The second-order valence-corrected chi connectivity index (χ2v) is 9.63. The Labute approximate surface area is 153 Å². The molecule has 2 heterocycles. The van der Waals surface area contributed by atoms with E-state index in [0.29, 0.717) is 24.4 Å². The third-order valence-electron chi connectivity index (χ3n) is 4.72. The summed E-state index contributed by atoms with van der Waals surface area (Å²) in [5, 5.41) is 2.79. The predicted octanol–water partition coefficient (Wildman–Crippen LogP) is 2.13. The van der Waals surface area contributed by atoms with E-state index < -0.39 is 10.0 Å². The number of fused-ring (bicyclic) bond motifs is 1. The van der Waals surface area contributed by atoms with Crippen molar-refractivity contribution >= 4 is 33.4 Å². The van der Waals surface area contributed by atoms with Crippen molar-refractivity contribution in [3.05, 3.63) is 18.2 Å². The van der Waals surface area contributed by atoms with Crippen LogP contribution in [-0.4, -0.2) is 51.2 Å². The van der Waals surface area contributed by atoms with E-state index in [1.165, 1.54) is 12.8 Å². The number of rotatable bonds is 5. The van der Waals surface area contributed by atoms with Gasteiger partial charge in [-0.05, 0) is 50.0 Å². The van der Waals surface area contributed by atoms with Crippen molar-refractivity contribution < 1.29 is 13.2 Å². The van der Waals surface area contributed by atoms with E-state index in [0.717, 1.165) is 30.4 Å². The number of likely N-dealkylation sites (tertiary alicyclic amines) is 1. The standard InChI is InChI=1S/C17H25N3O3S2/c1-13-4-8-20(9-5-13)10-7-18-25(22,23)14-2-3-16-15(12-14)19-17(21)6-11-24-16/h2-3,12-13,18H,4-11H2,1H3,(H,19,21). The highest BCUT2D eigenvalue weighted by atomic mass is 32.2. The lowest BCUT2D eigenvalue weighted by Crippen LogP contribution is -2.39. The van der Waals surface area contributed by atoms with Crippen LogP contribution in [-0.2, 0) is 14.8 Å². The molecule has 0 aromatic heterocycles. The van der Waals surface area contributed by atoms with Crippen LogP contribution < -0.4 is 10.0 Å². The number of anilines is 1. The van der Waals surface area contributed by atoms with Crippen molar-refractivity contribution in [2.45, 2.75) is 36.0 Å². The molecule has 0 bridgehead atoms. The second kappa shape index (κ2) is 8.07. The van der Waals surface area contributed by atoms with E-state index in [9.17, 15) is 13.2 Å². The lowest BCUT2D eigenvalue weighted by atomic mass is 9.99. The third-order valence-corrected chi connectivity index (χ3v) is 7.25. The molecule has 2 aliphatic heterocycles. The summed E-state index contributed by atoms with van der Waals surface area (Å²) in [5.74, 6) is 1.39. The number of sulfonamides is 1. The number of benzene rings is 1. The van der Waals surface area contributed by atoms with Crippen LogP contribution >= 0.6 is 11.8 Å².